The first kappa shape index (κ1) is 5.53. The van der Waals surface area contributed by atoms with E-state index in [2.05, 4.69) is 10.3 Å². The van der Waals surface area contributed by atoms with Gasteiger partial charge >= 0.3 is 0 Å². The Morgan fingerprint density at radius 2 is 2.40 bits per heavy atom. The van der Waals surface area contributed by atoms with E-state index in [9.17, 15) is 4.79 Å². The highest BCUT2D eigenvalue weighted by Crippen LogP contribution is 2.15. The average molecular weight is 136 g/mol. The van der Waals surface area contributed by atoms with Gasteiger partial charge in [0, 0.05) is 24.0 Å². The first-order valence-corrected chi connectivity index (χ1v) is 3.32. The molecule has 2 heterocycles. The Bertz CT molecular complexity index is 303. The van der Waals surface area contributed by atoms with Crippen LogP contribution in [0.2, 0.25) is 0 Å². The lowest BCUT2D eigenvalue weighted by atomic mass is 10.2. The lowest BCUT2D eigenvalue weighted by Gasteiger charge is -1.94. The molecule has 0 spiro atoms. The summed E-state index contributed by atoms with van der Waals surface area (Å²) in [6.45, 7) is 0.891. The third kappa shape index (κ3) is 0.635. The van der Waals surface area contributed by atoms with Gasteiger partial charge in [-0.25, -0.2) is 0 Å². The molecule has 52 valence electrons. The minimum atomic E-state index is 0.0440. The van der Waals surface area contributed by atoms with E-state index in [1.54, 1.807) is 6.20 Å². The zero-order valence-corrected chi connectivity index (χ0v) is 5.48. The second-order valence-electron chi connectivity index (χ2n) is 2.38. The van der Waals surface area contributed by atoms with E-state index >= 15 is 0 Å². The Hall–Kier alpha value is -1.25. The van der Waals surface area contributed by atoms with Crippen molar-refractivity contribution < 1.29 is 0 Å². The number of hydrogen-bond acceptors (Lipinski definition) is 2. The normalized spacial score (nSPS) is 14.4. The molecule has 3 heteroatoms. The lowest BCUT2D eigenvalue weighted by Crippen LogP contribution is -2.08. The van der Waals surface area contributed by atoms with Crippen molar-refractivity contribution in [2.75, 3.05) is 11.9 Å². The molecule has 1 aromatic heterocycles. The van der Waals surface area contributed by atoms with Gasteiger partial charge in [0.25, 0.3) is 5.56 Å². The van der Waals surface area contributed by atoms with Gasteiger partial charge < -0.3 is 10.3 Å². The predicted octanol–water partition coefficient (Wildman–Crippen LogP) is 0.343. The Morgan fingerprint density at radius 1 is 1.50 bits per heavy atom. The van der Waals surface area contributed by atoms with Gasteiger partial charge in [-0.15, -0.1) is 0 Å². The molecule has 0 radical (unpaired) electrons. The molecule has 3 nitrogen and oxygen atoms in total. The van der Waals surface area contributed by atoms with Crippen LogP contribution in [0.5, 0.6) is 0 Å². The molecule has 0 amide bonds. The fourth-order valence-electron chi connectivity index (χ4n) is 1.25. The molecule has 2 N–H and O–H groups in total. The van der Waals surface area contributed by atoms with E-state index in [-0.39, 0.29) is 5.56 Å². The van der Waals surface area contributed by atoms with Crippen LogP contribution in [-0.4, -0.2) is 11.5 Å². The van der Waals surface area contributed by atoms with E-state index in [1.807, 2.05) is 6.07 Å². The largest absolute Gasteiger partial charge is 0.384 e. The zero-order chi connectivity index (χ0) is 6.97. The van der Waals surface area contributed by atoms with Crippen LogP contribution in [0.15, 0.2) is 17.1 Å². The molecule has 0 saturated carbocycles. The smallest absolute Gasteiger partial charge is 0.253 e. The first-order valence-electron chi connectivity index (χ1n) is 3.32. The minimum Gasteiger partial charge on any atom is -0.384 e. The summed E-state index contributed by atoms with van der Waals surface area (Å²) in [6, 6.07) is 1.89. The Kier molecular flexibility index (Phi) is 1.03. The number of fused-ring (bicyclic) bond motifs is 1. The molecule has 1 aliphatic heterocycles. The van der Waals surface area contributed by atoms with Gasteiger partial charge in [0.05, 0.1) is 0 Å². The van der Waals surface area contributed by atoms with Gasteiger partial charge in [-0.05, 0) is 12.5 Å². The summed E-state index contributed by atoms with van der Waals surface area (Å²) < 4.78 is 0. The van der Waals surface area contributed by atoms with Crippen LogP contribution in [0.3, 0.4) is 0 Å². The molecule has 0 unspecified atom stereocenters. The summed E-state index contributed by atoms with van der Waals surface area (Å²) in [5.41, 5.74) is 1.92. The topological polar surface area (TPSA) is 44.9 Å². The van der Waals surface area contributed by atoms with Crippen molar-refractivity contribution in [1.82, 2.24) is 4.98 Å². The van der Waals surface area contributed by atoms with E-state index in [1.165, 1.54) is 0 Å². The quantitative estimate of drug-likeness (QED) is 0.540. The summed E-state index contributed by atoms with van der Waals surface area (Å²) in [5, 5.41) is 3.12. The van der Waals surface area contributed by atoms with Gasteiger partial charge in [-0.2, -0.15) is 0 Å². The molecule has 0 aromatic carbocycles. The zero-order valence-electron chi connectivity index (χ0n) is 5.48. The highest BCUT2D eigenvalue weighted by atomic mass is 16.1. The summed E-state index contributed by atoms with van der Waals surface area (Å²) in [6.07, 6.45) is 2.52. The number of anilines is 1. The van der Waals surface area contributed by atoms with Gasteiger partial charge in [0.15, 0.2) is 0 Å². The van der Waals surface area contributed by atoms with E-state index in [4.69, 9.17) is 0 Å². The van der Waals surface area contributed by atoms with Crippen molar-refractivity contribution in [1.29, 1.82) is 0 Å². The van der Waals surface area contributed by atoms with E-state index < -0.39 is 0 Å². The fourth-order valence-corrected chi connectivity index (χ4v) is 1.25. The van der Waals surface area contributed by atoms with Gasteiger partial charge in [-0.1, -0.05) is 0 Å². The first-order chi connectivity index (χ1) is 4.88. The number of pyridine rings is 1. The molecular weight excluding hydrogens is 128 g/mol. The van der Waals surface area contributed by atoms with Crippen LogP contribution >= 0.6 is 0 Å². The number of H-pyrrole nitrogens is 1. The molecule has 1 aromatic rings. The fraction of sp³-hybridized carbons (Fsp3) is 0.286. The van der Waals surface area contributed by atoms with Crippen LogP contribution < -0.4 is 10.9 Å². The van der Waals surface area contributed by atoms with Crippen LogP contribution in [-0.2, 0) is 6.42 Å². The molecule has 0 bridgehead atoms. The van der Waals surface area contributed by atoms with Crippen LogP contribution in [0, 0.1) is 0 Å². The summed E-state index contributed by atoms with van der Waals surface area (Å²) in [7, 11) is 0. The average Bonchev–Trinajstić information content (AvgIpc) is 2.36. The highest BCUT2D eigenvalue weighted by molar-refractivity contribution is 5.53. The Balaban J connectivity index is 2.70. The molecular formula is C7H8N2O. The number of rotatable bonds is 0. The second kappa shape index (κ2) is 1.87. The van der Waals surface area contributed by atoms with Crippen LogP contribution in [0.1, 0.15) is 5.56 Å². The van der Waals surface area contributed by atoms with Crippen molar-refractivity contribution in [3.05, 3.63) is 28.2 Å². The Labute approximate surface area is 58.1 Å². The predicted molar refractivity (Wildman–Crippen MR) is 39.3 cm³/mol. The van der Waals surface area contributed by atoms with Crippen LogP contribution in [0.25, 0.3) is 0 Å². The molecule has 0 aliphatic carbocycles. The van der Waals surface area contributed by atoms with Crippen molar-refractivity contribution in [3.8, 4) is 0 Å². The number of aromatic nitrogens is 1. The highest BCUT2D eigenvalue weighted by Gasteiger charge is 2.11. The maximum absolute atomic E-state index is 11.0. The molecule has 0 atom stereocenters. The third-order valence-electron chi connectivity index (χ3n) is 1.75. The van der Waals surface area contributed by atoms with Crippen molar-refractivity contribution in [2.24, 2.45) is 0 Å². The van der Waals surface area contributed by atoms with Crippen LogP contribution in [0.4, 0.5) is 5.69 Å². The standard InChI is InChI=1S/C7H8N2O/c10-7-5-1-3-8-6(5)2-4-9-7/h2,4,8H,1,3H2,(H,9,10). The maximum atomic E-state index is 11.0. The molecule has 10 heavy (non-hydrogen) atoms. The van der Waals surface area contributed by atoms with E-state index in [0.717, 1.165) is 24.2 Å². The molecule has 0 fully saturated rings. The summed E-state index contributed by atoms with van der Waals surface area (Å²) >= 11 is 0. The summed E-state index contributed by atoms with van der Waals surface area (Å²) in [4.78, 5) is 13.7. The van der Waals surface area contributed by atoms with Crippen molar-refractivity contribution in [2.45, 2.75) is 6.42 Å². The Morgan fingerprint density at radius 3 is 3.20 bits per heavy atom. The molecule has 1 aliphatic rings. The van der Waals surface area contributed by atoms with Gasteiger partial charge in [0.1, 0.15) is 0 Å². The van der Waals surface area contributed by atoms with Gasteiger partial charge in [-0.3, -0.25) is 4.79 Å². The third-order valence-corrected chi connectivity index (χ3v) is 1.75. The maximum Gasteiger partial charge on any atom is 0.253 e. The number of aromatic amines is 1. The van der Waals surface area contributed by atoms with Crippen molar-refractivity contribution >= 4 is 5.69 Å². The molecule has 0 saturated heterocycles. The van der Waals surface area contributed by atoms with Crippen molar-refractivity contribution in [3.63, 3.8) is 0 Å². The molecule has 2 rings (SSSR count). The number of nitrogens with one attached hydrogen (secondary N) is 2. The lowest BCUT2D eigenvalue weighted by molar-refractivity contribution is 1.07. The summed E-state index contributed by atoms with van der Waals surface area (Å²) in [5.74, 6) is 0. The number of hydrogen-bond donors (Lipinski definition) is 2. The second-order valence-corrected chi connectivity index (χ2v) is 2.38. The minimum absolute atomic E-state index is 0.0440. The monoisotopic (exact) mass is 136 g/mol. The van der Waals surface area contributed by atoms with E-state index in [0.29, 0.717) is 0 Å². The SMILES string of the molecule is O=c1[nH]ccc2c1CCN2. The van der Waals surface area contributed by atoms with Gasteiger partial charge in [0.2, 0.25) is 0 Å².